The minimum Gasteiger partial charge on any atom is -0.312 e. The van der Waals surface area contributed by atoms with Crippen LogP contribution in [0.4, 0.5) is 0 Å². The average Bonchev–Trinajstić information content (AvgIpc) is 2.26. The lowest BCUT2D eigenvalue weighted by atomic mass is 9.79. The zero-order chi connectivity index (χ0) is 18.2. The maximum absolute atomic E-state index is 3.75. The Morgan fingerprint density at radius 2 is 1.08 bits per heavy atom. The molecule has 0 aromatic rings. The molecule has 2 fully saturated rings. The molecule has 0 saturated carbocycles. The highest BCUT2D eigenvalue weighted by Gasteiger charge is 2.38. The molecule has 24 heavy (non-hydrogen) atoms. The fourth-order valence-electron chi connectivity index (χ4n) is 5.36. The second kappa shape index (κ2) is 6.86. The van der Waals surface area contributed by atoms with Crippen LogP contribution < -0.4 is 21.3 Å². The van der Waals surface area contributed by atoms with Gasteiger partial charge in [0.1, 0.15) is 0 Å². The highest BCUT2D eigenvalue weighted by Crippen LogP contribution is 2.29. The molecule has 0 bridgehead atoms. The van der Waals surface area contributed by atoms with Gasteiger partial charge < -0.3 is 21.3 Å². The van der Waals surface area contributed by atoms with Crippen molar-refractivity contribution in [3.05, 3.63) is 6.54 Å². The minimum absolute atomic E-state index is 0.198. The summed E-state index contributed by atoms with van der Waals surface area (Å²) in [6.45, 7) is 21.6. The van der Waals surface area contributed by atoms with Crippen LogP contribution in [-0.2, 0) is 0 Å². The summed E-state index contributed by atoms with van der Waals surface area (Å²) < 4.78 is 0. The Balaban J connectivity index is 1.75. The number of rotatable bonds is 5. The van der Waals surface area contributed by atoms with Gasteiger partial charge in [-0.25, -0.2) is 0 Å². The third-order valence-corrected chi connectivity index (χ3v) is 5.24. The Kier molecular flexibility index (Phi) is 5.76. The SMILES string of the molecule is CC1(C)CC(N[CH]CNC2CC(C)(C)NC(C)(C)C2)CC(C)(C)N1. The van der Waals surface area contributed by atoms with E-state index in [2.05, 4.69) is 83.2 Å². The molecule has 0 aliphatic carbocycles. The summed E-state index contributed by atoms with van der Waals surface area (Å²) >= 11 is 0. The highest BCUT2D eigenvalue weighted by atomic mass is 15.1. The standard InChI is InChI=1S/C20H41N4/c1-17(2)11-15(12-18(3,4)23-17)21-9-10-22-16-13-19(5,6)24-20(7,8)14-16/h9,15-16,21-24H,10-14H2,1-8H3. The topological polar surface area (TPSA) is 48.1 Å². The van der Waals surface area contributed by atoms with Crippen LogP contribution in [0.5, 0.6) is 0 Å². The van der Waals surface area contributed by atoms with Crippen LogP contribution in [0, 0.1) is 6.54 Å². The quantitative estimate of drug-likeness (QED) is 0.583. The van der Waals surface area contributed by atoms with Crippen LogP contribution in [0.25, 0.3) is 0 Å². The Morgan fingerprint density at radius 1 is 0.708 bits per heavy atom. The largest absolute Gasteiger partial charge is 0.312 e. The van der Waals surface area contributed by atoms with E-state index in [1.165, 1.54) is 25.7 Å². The molecule has 141 valence electrons. The molecule has 2 saturated heterocycles. The van der Waals surface area contributed by atoms with Gasteiger partial charge in [-0.15, -0.1) is 0 Å². The highest BCUT2D eigenvalue weighted by molar-refractivity contribution is 5.01. The molecule has 0 aromatic heterocycles. The van der Waals surface area contributed by atoms with E-state index >= 15 is 0 Å². The summed E-state index contributed by atoms with van der Waals surface area (Å²) in [7, 11) is 0. The Labute approximate surface area is 150 Å². The van der Waals surface area contributed by atoms with Crippen molar-refractivity contribution in [2.24, 2.45) is 0 Å². The van der Waals surface area contributed by atoms with Gasteiger partial charge >= 0.3 is 0 Å². The van der Waals surface area contributed by atoms with Gasteiger partial charge in [-0.2, -0.15) is 0 Å². The first-order chi connectivity index (χ1) is 10.8. The van der Waals surface area contributed by atoms with Crippen molar-refractivity contribution in [3.8, 4) is 0 Å². The van der Waals surface area contributed by atoms with E-state index in [9.17, 15) is 0 Å². The molecular weight excluding hydrogens is 296 g/mol. The maximum Gasteiger partial charge on any atom is 0.0361 e. The molecule has 2 aliphatic rings. The molecular formula is C20H41N4. The average molecular weight is 338 g/mol. The van der Waals surface area contributed by atoms with E-state index in [4.69, 9.17) is 0 Å². The fourth-order valence-corrected chi connectivity index (χ4v) is 5.36. The van der Waals surface area contributed by atoms with Crippen LogP contribution in [0.1, 0.15) is 81.1 Å². The van der Waals surface area contributed by atoms with Crippen molar-refractivity contribution in [1.29, 1.82) is 0 Å². The number of nitrogens with one attached hydrogen (secondary N) is 4. The Morgan fingerprint density at radius 3 is 1.50 bits per heavy atom. The summed E-state index contributed by atoms with van der Waals surface area (Å²) in [5.74, 6) is 0. The molecule has 4 heteroatoms. The number of hydrogen-bond donors (Lipinski definition) is 4. The van der Waals surface area contributed by atoms with Gasteiger partial charge in [-0.3, -0.25) is 0 Å². The number of piperidine rings is 2. The van der Waals surface area contributed by atoms with Crippen LogP contribution in [0.15, 0.2) is 0 Å². The molecule has 2 aliphatic heterocycles. The van der Waals surface area contributed by atoms with Crippen molar-refractivity contribution < 1.29 is 0 Å². The molecule has 0 atom stereocenters. The van der Waals surface area contributed by atoms with Crippen LogP contribution in [-0.4, -0.2) is 40.8 Å². The molecule has 2 heterocycles. The number of hydrogen-bond acceptors (Lipinski definition) is 4. The molecule has 0 amide bonds. The van der Waals surface area contributed by atoms with Crippen LogP contribution in [0.3, 0.4) is 0 Å². The van der Waals surface area contributed by atoms with Gasteiger partial charge in [-0.1, -0.05) is 0 Å². The van der Waals surface area contributed by atoms with E-state index in [0.717, 1.165) is 6.54 Å². The van der Waals surface area contributed by atoms with E-state index < -0.39 is 0 Å². The first kappa shape index (κ1) is 20.2. The van der Waals surface area contributed by atoms with Crippen molar-refractivity contribution in [3.63, 3.8) is 0 Å². The first-order valence-corrected chi connectivity index (χ1v) is 9.68. The van der Waals surface area contributed by atoms with Crippen molar-refractivity contribution in [2.75, 3.05) is 6.54 Å². The van der Waals surface area contributed by atoms with E-state index in [1.807, 2.05) is 0 Å². The van der Waals surface area contributed by atoms with Crippen molar-refractivity contribution in [1.82, 2.24) is 21.3 Å². The molecule has 1 radical (unpaired) electrons. The van der Waals surface area contributed by atoms with Crippen molar-refractivity contribution in [2.45, 2.75) is 115 Å². The summed E-state index contributed by atoms with van der Waals surface area (Å²) in [6, 6.07) is 1.13. The Bertz CT molecular complexity index is 353. The lowest BCUT2D eigenvalue weighted by Crippen LogP contribution is -2.62. The normalized spacial score (nSPS) is 29.5. The molecule has 4 nitrogen and oxygen atoms in total. The molecule has 0 spiro atoms. The Hall–Kier alpha value is -0.160. The molecule has 0 aromatic carbocycles. The van der Waals surface area contributed by atoms with Gasteiger partial charge in [0.05, 0.1) is 0 Å². The molecule has 4 N–H and O–H groups in total. The van der Waals surface area contributed by atoms with E-state index in [1.54, 1.807) is 0 Å². The maximum atomic E-state index is 3.75. The summed E-state index contributed by atoms with van der Waals surface area (Å²) in [6.07, 6.45) is 4.69. The second-order valence-electron chi connectivity index (χ2n) is 10.8. The fraction of sp³-hybridized carbons (Fsp3) is 0.950. The predicted molar refractivity (Wildman–Crippen MR) is 104 cm³/mol. The lowest BCUT2D eigenvalue weighted by Gasteiger charge is -2.47. The zero-order valence-electron chi connectivity index (χ0n) is 17.3. The van der Waals surface area contributed by atoms with Gasteiger partial charge in [0.15, 0.2) is 0 Å². The molecule has 2 rings (SSSR count). The summed E-state index contributed by atoms with van der Waals surface area (Å²) in [4.78, 5) is 0. The van der Waals surface area contributed by atoms with E-state index in [0.29, 0.717) is 12.1 Å². The molecule has 0 unspecified atom stereocenters. The third-order valence-electron chi connectivity index (χ3n) is 5.24. The predicted octanol–water partition coefficient (Wildman–Crippen LogP) is 2.95. The monoisotopic (exact) mass is 337 g/mol. The van der Waals surface area contributed by atoms with Crippen molar-refractivity contribution >= 4 is 0 Å². The summed E-state index contributed by atoms with van der Waals surface area (Å²) in [5.41, 5.74) is 0.805. The third kappa shape index (κ3) is 6.29. The minimum atomic E-state index is 0.198. The van der Waals surface area contributed by atoms with Gasteiger partial charge in [0.2, 0.25) is 0 Å². The van der Waals surface area contributed by atoms with Crippen LogP contribution in [0.2, 0.25) is 0 Å². The summed E-state index contributed by atoms with van der Waals surface area (Å²) in [5, 5.41) is 14.9. The first-order valence-electron chi connectivity index (χ1n) is 9.68. The van der Waals surface area contributed by atoms with Gasteiger partial charge in [0, 0.05) is 47.3 Å². The smallest absolute Gasteiger partial charge is 0.0361 e. The lowest BCUT2D eigenvalue weighted by molar-refractivity contribution is 0.143. The van der Waals surface area contributed by atoms with E-state index in [-0.39, 0.29) is 22.2 Å². The van der Waals surface area contributed by atoms with Gasteiger partial charge in [-0.05, 0) is 81.1 Å². The second-order valence-corrected chi connectivity index (χ2v) is 10.8. The van der Waals surface area contributed by atoms with Gasteiger partial charge in [0.25, 0.3) is 0 Å². The van der Waals surface area contributed by atoms with Crippen LogP contribution >= 0.6 is 0 Å². The zero-order valence-corrected chi connectivity index (χ0v) is 17.3.